The molecule has 2 aromatic carbocycles. The Morgan fingerprint density at radius 3 is 2.72 bits per heavy atom. The molecule has 0 radical (unpaired) electrons. The first-order chi connectivity index (χ1) is 14.0. The summed E-state index contributed by atoms with van der Waals surface area (Å²) >= 11 is 0. The third-order valence-electron chi connectivity index (χ3n) is 4.71. The van der Waals surface area contributed by atoms with Crippen LogP contribution >= 0.6 is 0 Å². The van der Waals surface area contributed by atoms with Gasteiger partial charge in [-0.1, -0.05) is 12.1 Å². The fourth-order valence-electron chi connectivity index (χ4n) is 3.22. The van der Waals surface area contributed by atoms with Crippen molar-refractivity contribution in [1.82, 2.24) is 14.7 Å². The lowest BCUT2D eigenvalue weighted by Crippen LogP contribution is -2.39. The number of amides is 2. The molecule has 1 N–H and O–H groups in total. The van der Waals surface area contributed by atoms with Crippen LogP contribution in [-0.4, -0.2) is 40.1 Å². The first-order valence-corrected chi connectivity index (χ1v) is 9.10. The summed E-state index contributed by atoms with van der Waals surface area (Å²) in [5.41, 5.74) is 1.91. The molecule has 2 amide bonds. The molecule has 0 aliphatic carbocycles. The average molecular weight is 394 g/mol. The fraction of sp³-hybridized carbons (Fsp3) is 0.190. The first kappa shape index (κ1) is 18.7. The zero-order chi connectivity index (χ0) is 20.4. The van der Waals surface area contributed by atoms with Gasteiger partial charge in [0, 0.05) is 24.8 Å². The lowest BCUT2D eigenvalue weighted by atomic mass is 10.1. The number of carbonyl (C=O) groups excluding carboxylic acids is 2. The minimum absolute atomic E-state index is 0.140. The summed E-state index contributed by atoms with van der Waals surface area (Å²) in [6.45, 7) is 1.43. The van der Waals surface area contributed by atoms with Gasteiger partial charge in [0.15, 0.2) is 5.69 Å². The van der Waals surface area contributed by atoms with E-state index in [1.54, 1.807) is 16.7 Å². The van der Waals surface area contributed by atoms with Crippen molar-refractivity contribution in [2.45, 2.75) is 13.1 Å². The van der Waals surface area contributed by atoms with Gasteiger partial charge in [0.25, 0.3) is 11.8 Å². The molecule has 0 fully saturated rings. The van der Waals surface area contributed by atoms with E-state index in [0.717, 1.165) is 11.3 Å². The minimum atomic E-state index is -0.453. The number of methoxy groups -OCH3 is 1. The summed E-state index contributed by atoms with van der Waals surface area (Å²) in [6.07, 6.45) is 0. The lowest BCUT2D eigenvalue weighted by Gasteiger charge is -2.27. The standard InChI is InChI=1S/C21H19FN4O3/c1-29-17-4-2-3-14(11-17)13-25-9-10-26-19(21(25)28)12-18(24-26)20(27)23-16-7-5-15(22)6-8-16/h2-8,11-12H,9-10,13H2,1H3,(H,23,27). The second-order valence-corrected chi connectivity index (χ2v) is 6.68. The maximum Gasteiger partial charge on any atom is 0.276 e. The molecule has 0 saturated carbocycles. The van der Waals surface area contributed by atoms with E-state index >= 15 is 0 Å². The molecule has 0 bridgehead atoms. The Balaban J connectivity index is 1.49. The number of fused-ring (bicyclic) bond motifs is 1. The maximum atomic E-state index is 13.0. The van der Waals surface area contributed by atoms with Gasteiger partial charge >= 0.3 is 0 Å². The van der Waals surface area contributed by atoms with Crippen LogP contribution in [0.3, 0.4) is 0 Å². The molecule has 8 heteroatoms. The molecule has 148 valence electrons. The second-order valence-electron chi connectivity index (χ2n) is 6.68. The number of nitrogens with one attached hydrogen (secondary N) is 1. The quantitative estimate of drug-likeness (QED) is 0.722. The highest BCUT2D eigenvalue weighted by Crippen LogP contribution is 2.20. The molecule has 0 saturated heterocycles. The van der Waals surface area contributed by atoms with E-state index in [0.29, 0.717) is 31.0 Å². The van der Waals surface area contributed by atoms with Gasteiger partial charge in [0.2, 0.25) is 0 Å². The van der Waals surface area contributed by atoms with Gasteiger partial charge in [0.05, 0.1) is 13.7 Å². The van der Waals surface area contributed by atoms with Crippen LogP contribution in [0.15, 0.2) is 54.6 Å². The molecule has 4 rings (SSSR count). The molecular weight excluding hydrogens is 375 g/mol. The third kappa shape index (κ3) is 3.96. The number of rotatable bonds is 5. The Kier molecular flexibility index (Phi) is 4.99. The van der Waals surface area contributed by atoms with Crippen molar-refractivity contribution in [3.05, 3.63) is 77.4 Å². The number of aromatic nitrogens is 2. The highest BCUT2D eigenvalue weighted by molar-refractivity contribution is 6.04. The van der Waals surface area contributed by atoms with Gasteiger partial charge in [-0.05, 0) is 42.0 Å². The van der Waals surface area contributed by atoms with Crippen molar-refractivity contribution in [1.29, 1.82) is 0 Å². The summed E-state index contributed by atoms with van der Waals surface area (Å²) in [5, 5.41) is 6.90. The van der Waals surface area contributed by atoms with E-state index < -0.39 is 5.91 Å². The summed E-state index contributed by atoms with van der Waals surface area (Å²) in [7, 11) is 1.60. The normalized spacial score (nSPS) is 13.2. The Morgan fingerprint density at radius 2 is 1.97 bits per heavy atom. The Labute approximate surface area is 166 Å². The fourth-order valence-corrected chi connectivity index (χ4v) is 3.22. The van der Waals surface area contributed by atoms with Crippen LogP contribution in [0, 0.1) is 5.82 Å². The van der Waals surface area contributed by atoms with Gasteiger partial charge in [-0.25, -0.2) is 4.39 Å². The van der Waals surface area contributed by atoms with Crippen LogP contribution in [0.25, 0.3) is 0 Å². The maximum absolute atomic E-state index is 13.0. The van der Waals surface area contributed by atoms with Crippen LogP contribution in [0.2, 0.25) is 0 Å². The molecule has 3 aromatic rings. The molecule has 7 nitrogen and oxygen atoms in total. The minimum Gasteiger partial charge on any atom is -0.497 e. The van der Waals surface area contributed by atoms with Crippen LogP contribution in [0.4, 0.5) is 10.1 Å². The number of halogens is 1. The summed E-state index contributed by atoms with van der Waals surface area (Å²) in [5.74, 6) is -0.294. The number of anilines is 1. The SMILES string of the molecule is COc1cccc(CN2CCn3nc(C(=O)Nc4ccc(F)cc4)cc3C2=O)c1. The molecule has 0 spiro atoms. The zero-order valence-electron chi connectivity index (χ0n) is 15.8. The molecule has 1 aromatic heterocycles. The Hall–Kier alpha value is -3.68. The summed E-state index contributed by atoms with van der Waals surface area (Å²) in [4.78, 5) is 27.0. The van der Waals surface area contributed by atoms with E-state index in [1.165, 1.54) is 30.3 Å². The van der Waals surface area contributed by atoms with Crippen LogP contribution < -0.4 is 10.1 Å². The Morgan fingerprint density at radius 1 is 1.17 bits per heavy atom. The third-order valence-corrected chi connectivity index (χ3v) is 4.71. The van der Waals surface area contributed by atoms with Crippen molar-refractivity contribution in [2.24, 2.45) is 0 Å². The van der Waals surface area contributed by atoms with Crippen molar-refractivity contribution < 1.29 is 18.7 Å². The lowest BCUT2D eigenvalue weighted by molar-refractivity contribution is 0.0683. The average Bonchev–Trinajstić information content (AvgIpc) is 3.17. The van der Waals surface area contributed by atoms with E-state index in [2.05, 4.69) is 10.4 Å². The number of ether oxygens (including phenoxy) is 1. The van der Waals surface area contributed by atoms with Crippen molar-refractivity contribution in [3.8, 4) is 5.75 Å². The number of carbonyl (C=O) groups is 2. The topological polar surface area (TPSA) is 76.5 Å². The highest BCUT2D eigenvalue weighted by Gasteiger charge is 2.28. The molecule has 1 aliphatic heterocycles. The van der Waals surface area contributed by atoms with Crippen molar-refractivity contribution in [3.63, 3.8) is 0 Å². The van der Waals surface area contributed by atoms with Crippen molar-refractivity contribution in [2.75, 3.05) is 19.0 Å². The second kappa shape index (κ2) is 7.75. The number of hydrogen-bond donors (Lipinski definition) is 1. The number of nitrogens with zero attached hydrogens (tertiary/aromatic N) is 3. The van der Waals surface area contributed by atoms with E-state index in [4.69, 9.17) is 4.74 Å². The van der Waals surface area contributed by atoms with Gasteiger partial charge in [-0.2, -0.15) is 5.10 Å². The monoisotopic (exact) mass is 394 g/mol. The largest absolute Gasteiger partial charge is 0.497 e. The van der Waals surface area contributed by atoms with Gasteiger partial charge in [-0.3, -0.25) is 14.3 Å². The zero-order valence-corrected chi connectivity index (χ0v) is 15.8. The summed E-state index contributed by atoms with van der Waals surface area (Å²) < 4.78 is 19.8. The van der Waals surface area contributed by atoms with E-state index in [1.807, 2.05) is 24.3 Å². The van der Waals surface area contributed by atoms with E-state index in [-0.39, 0.29) is 17.4 Å². The Bertz CT molecular complexity index is 1060. The van der Waals surface area contributed by atoms with E-state index in [9.17, 15) is 14.0 Å². The molecule has 0 unspecified atom stereocenters. The molecular formula is C21H19FN4O3. The molecule has 2 heterocycles. The van der Waals surface area contributed by atoms with Crippen LogP contribution in [-0.2, 0) is 13.1 Å². The van der Waals surface area contributed by atoms with Gasteiger partial charge < -0.3 is 15.0 Å². The van der Waals surface area contributed by atoms with Crippen LogP contribution in [0.1, 0.15) is 26.5 Å². The van der Waals surface area contributed by atoms with Crippen LogP contribution in [0.5, 0.6) is 5.75 Å². The first-order valence-electron chi connectivity index (χ1n) is 9.10. The smallest absolute Gasteiger partial charge is 0.276 e. The predicted octanol–water partition coefficient (Wildman–Crippen LogP) is 2.94. The van der Waals surface area contributed by atoms with Crippen molar-refractivity contribution >= 4 is 17.5 Å². The van der Waals surface area contributed by atoms with Gasteiger partial charge in [-0.15, -0.1) is 0 Å². The molecule has 1 aliphatic rings. The molecule has 29 heavy (non-hydrogen) atoms. The number of benzene rings is 2. The van der Waals surface area contributed by atoms with Gasteiger partial charge in [0.1, 0.15) is 17.3 Å². The molecule has 0 atom stereocenters. The summed E-state index contributed by atoms with van der Waals surface area (Å²) in [6, 6.07) is 14.5. The number of hydrogen-bond acceptors (Lipinski definition) is 4. The highest BCUT2D eigenvalue weighted by atomic mass is 19.1. The predicted molar refractivity (Wildman–Crippen MR) is 104 cm³/mol.